The second-order valence-corrected chi connectivity index (χ2v) is 5.97. The maximum atomic E-state index is 11.9. The number of likely N-dealkylation sites (tertiary alicyclic amines) is 1. The van der Waals surface area contributed by atoms with Crippen LogP contribution in [-0.2, 0) is 4.79 Å². The molecule has 1 atom stereocenters. The number of nitrogens with one attached hydrogen (secondary N) is 1. The molecule has 1 aliphatic carbocycles. The number of carbonyl (C=O) groups excluding carboxylic acids is 1. The van der Waals surface area contributed by atoms with Gasteiger partial charge in [0.1, 0.15) is 0 Å². The number of nitrogens with two attached hydrogens (primary N) is 1. The van der Waals surface area contributed by atoms with Gasteiger partial charge in [-0.05, 0) is 38.8 Å². The Balaban J connectivity index is 1.71. The van der Waals surface area contributed by atoms with E-state index in [0.29, 0.717) is 12.5 Å². The summed E-state index contributed by atoms with van der Waals surface area (Å²) in [6.07, 6.45) is 7.34. The first-order valence-electron chi connectivity index (χ1n) is 7.42. The van der Waals surface area contributed by atoms with Gasteiger partial charge in [-0.25, -0.2) is 0 Å². The summed E-state index contributed by atoms with van der Waals surface area (Å²) in [5.41, 5.74) is 6.01. The first-order valence-corrected chi connectivity index (χ1v) is 7.42. The molecule has 0 spiro atoms. The molecular weight excluding hydrogens is 226 g/mol. The average molecular weight is 253 g/mol. The Labute approximate surface area is 110 Å². The van der Waals surface area contributed by atoms with Crippen LogP contribution in [0.3, 0.4) is 0 Å². The average Bonchev–Trinajstić information content (AvgIpc) is 2.95. The van der Waals surface area contributed by atoms with Crippen LogP contribution in [0.4, 0.5) is 0 Å². The molecular formula is C14H27N3O. The molecule has 1 unspecified atom stereocenters. The molecule has 0 radical (unpaired) electrons. The van der Waals surface area contributed by atoms with Gasteiger partial charge < -0.3 is 11.1 Å². The zero-order chi connectivity index (χ0) is 13.0. The van der Waals surface area contributed by atoms with E-state index in [4.69, 9.17) is 5.73 Å². The fraction of sp³-hybridized carbons (Fsp3) is 0.929. The lowest BCUT2D eigenvalue weighted by molar-refractivity contribution is -0.122. The van der Waals surface area contributed by atoms with Gasteiger partial charge in [-0.3, -0.25) is 9.69 Å². The topological polar surface area (TPSA) is 58.4 Å². The minimum absolute atomic E-state index is 0.141. The number of carbonyl (C=O) groups is 1. The Kier molecular flexibility index (Phi) is 4.62. The van der Waals surface area contributed by atoms with Gasteiger partial charge in [0.15, 0.2) is 0 Å². The van der Waals surface area contributed by atoms with Crippen molar-refractivity contribution in [3.05, 3.63) is 0 Å². The Bertz CT molecular complexity index is 287. The molecule has 1 saturated carbocycles. The Hall–Kier alpha value is -0.610. The molecule has 1 amide bonds. The molecule has 3 N–H and O–H groups in total. The van der Waals surface area contributed by atoms with Crippen molar-refractivity contribution in [1.82, 2.24) is 10.2 Å². The summed E-state index contributed by atoms with van der Waals surface area (Å²) >= 11 is 0. The van der Waals surface area contributed by atoms with Crippen LogP contribution in [0.25, 0.3) is 0 Å². The van der Waals surface area contributed by atoms with Crippen molar-refractivity contribution in [2.45, 2.75) is 63.5 Å². The third kappa shape index (κ3) is 3.45. The number of amides is 1. The molecule has 2 aliphatic rings. The minimum Gasteiger partial charge on any atom is -0.354 e. The normalized spacial score (nSPS) is 27.6. The first kappa shape index (κ1) is 13.8. The highest BCUT2D eigenvalue weighted by Gasteiger charge is 2.32. The zero-order valence-corrected chi connectivity index (χ0v) is 11.6. The Morgan fingerprint density at radius 1 is 1.39 bits per heavy atom. The molecule has 4 heteroatoms. The van der Waals surface area contributed by atoms with E-state index in [9.17, 15) is 4.79 Å². The van der Waals surface area contributed by atoms with Crippen molar-refractivity contribution in [3.63, 3.8) is 0 Å². The van der Waals surface area contributed by atoms with E-state index in [1.165, 1.54) is 32.2 Å². The smallest absolute Gasteiger partial charge is 0.221 e. The number of hydrogen-bond acceptors (Lipinski definition) is 3. The lowest BCUT2D eigenvalue weighted by Crippen LogP contribution is -2.45. The lowest BCUT2D eigenvalue weighted by Gasteiger charge is -2.25. The fourth-order valence-corrected chi connectivity index (χ4v) is 3.41. The van der Waals surface area contributed by atoms with Crippen LogP contribution in [0.1, 0.15) is 51.9 Å². The van der Waals surface area contributed by atoms with Crippen LogP contribution in [0.2, 0.25) is 0 Å². The highest BCUT2D eigenvalue weighted by Crippen LogP contribution is 2.29. The molecule has 0 aromatic heterocycles. The highest BCUT2D eigenvalue weighted by atomic mass is 16.1. The van der Waals surface area contributed by atoms with Crippen molar-refractivity contribution in [3.8, 4) is 0 Å². The van der Waals surface area contributed by atoms with Crippen LogP contribution in [0.15, 0.2) is 0 Å². The maximum Gasteiger partial charge on any atom is 0.221 e. The van der Waals surface area contributed by atoms with Crippen molar-refractivity contribution in [2.75, 3.05) is 19.6 Å². The largest absolute Gasteiger partial charge is 0.354 e. The van der Waals surface area contributed by atoms with Crippen LogP contribution in [0, 0.1) is 0 Å². The van der Waals surface area contributed by atoms with E-state index in [0.717, 1.165) is 25.9 Å². The standard InChI is InChI=1S/C14H27N3O/c1-2-17-9-5-6-12(17)11-16-13(18)10-14(15)7-3-4-8-14/h12H,2-11,15H2,1H3,(H,16,18). The molecule has 4 nitrogen and oxygen atoms in total. The van der Waals surface area contributed by atoms with Gasteiger partial charge >= 0.3 is 0 Å². The third-order valence-corrected chi connectivity index (χ3v) is 4.55. The molecule has 2 rings (SSSR count). The van der Waals surface area contributed by atoms with Gasteiger partial charge in [-0.1, -0.05) is 19.8 Å². The summed E-state index contributed by atoms with van der Waals surface area (Å²) in [6, 6.07) is 0.538. The van der Waals surface area contributed by atoms with Gasteiger partial charge in [-0.2, -0.15) is 0 Å². The van der Waals surface area contributed by atoms with Crippen LogP contribution < -0.4 is 11.1 Å². The Morgan fingerprint density at radius 3 is 2.78 bits per heavy atom. The summed E-state index contributed by atoms with van der Waals surface area (Å²) < 4.78 is 0. The fourth-order valence-electron chi connectivity index (χ4n) is 3.41. The summed E-state index contributed by atoms with van der Waals surface area (Å²) in [6.45, 7) is 5.25. The van der Waals surface area contributed by atoms with E-state index in [2.05, 4.69) is 17.1 Å². The summed E-state index contributed by atoms with van der Waals surface area (Å²) in [7, 11) is 0. The SMILES string of the molecule is CCN1CCCC1CNC(=O)CC1(N)CCCC1. The highest BCUT2D eigenvalue weighted by molar-refractivity contribution is 5.77. The predicted molar refractivity (Wildman–Crippen MR) is 73.3 cm³/mol. The van der Waals surface area contributed by atoms with E-state index >= 15 is 0 Å². The quantitative estimate of drug-likeness (QED) is 0.775. The summed E-state index contributed by atoms with van der Waals surface area (Å²) in [5, 5.41) is 3.08. The van der Waals surface area contributed by atoms with Crippen LogP contribution in [-0.4, -0.2) is 42.0 Å². The minimum atomic E-state index is -0.218. The molecule has 1 heterocycles. The lowest BCUT2D eigenvalue weighted by atomic mass is 9.94. The predicted octanol–water partition coefficient (Wildman–Crippen LogP) is 1.25. The van der Waals surface area contributed by atoms with E-state index < -0.39 is 0 Å². The van der Waals surface area contributed by atoms with Crippen molar-refractivity contribution >= 4 is 5.91 Å². The zero-order valence-electron chi connectivity index (χ0n) is 11.6. The third-order valence-electron chi connectivity index (χ3n) is 4.55. The van der Waals surface area contributed by atoms with Gasteiger partial charge in [0.2, 0.25) is 5.91 Å². The van der Waals surface area contributed by atoms with Gasteiger partial charge in [0, 0.05) is 24.5 Å². The van der Waals surface area contributed by atoms with E-state index in [1.54, 1.807) is 0 Å². The van der Waals surface area contributed by atoms with Crippen molar-refractivity contribution in [1.29, 1.82) is 0 Å². The summed E-state index contributed by atoms with van der Waals surface area (Å²) in [5.74, 6) is 0.141. The number of likely N-dealkylation sites (N-methyl/N-ethyl adjacent to an activating group) is 1. The van der Waals surface area contributed by atoms with Crippen molar-refractivity contribution < 1.29 is 4.79 Å². The number of rotatable bonds is 5. The second kappa shape index (κ2) is 6.02. The molecule has 0 aromatic rings. The van der Waals surface area contributed by atoms with E-state index in [-0.39, 0.29) is 11.4 Å². The molecule has 104 valence electrons. The molecule has 0 bridgehead atoms. The van der Waals surface area contributed by atoms with E-state index in [1.807, 2.05) is 0 Å². The van der Waals surface area contributed by atoms with Crippen molar-refractivity contribution in [2.24, 2.45) is 5.73 Å². The van der Waals surface area contributed by atoms with Gasteiger partial charge in [-0.15, -0.1) is 0 Å². The van der Waals surface area contributed by atoms with Gasteiger partial charge in [0.05, 0.1) is 0 Å². The summed E-state index contributed by atoms with van der Waals surface area (Å²) in [4.78, 5) is 14.4. The molecule has 2 fully saturated rings. The Morgan fingerprint density at radius 2 is 2.11 bits per heavy atom. The molecule has 18 heavy (non-hydrogen) atoms. The van der Waals surface area contributed by atoms with Gasteiger partial charge in [0.25, 0.3) is 0 Å². The molecule has 1 aliphatic heterocycles. The maximum absolute atomic E-state index is 11.9. The first-order chi connectivity index (χ1) is 8.63. The van der Waals surface area contributed by atoms with Crippen LogP contribution >= 0.6 is 0 Å². The monoisotopic (exact) mass is 253 g/mol. The second-order valence-electron chi connectivity index (χ2n) is 5.97. The van der Waals surface area contributed by atoms with Crippen LogP contribution in [0.5, 0.6) is 0 Å². The number of hydrogen-bond donors (Lipinski definition) is 2. The molecule has 0 aromatic carbocycles. The molecule has 1 saturated heterocycles. The number of nitrogens with zero attached hydrogens (tertiary/aromatic N) is 1.